The highest BCUT2D eigenvalue weighted by Crippen LogP contribution is 2.48. The lowest BCUT2D eigenvalue weighted by atomic mass is 9.82. The SMILES string of the molecule is CCOc1ccc(NC(=O)C2C3C=CC(C3)C2C(=O)O)c([N+](=O)[O-])c1. The Morgan fingerprint density at radius 1 is 1.32 bits per heavy atom. The van der Waals surface area contributed by atoms with Crippen molar-refractivity contribution in [3.8, 4) is 5.75 Å². The number of nitro benzene ring substituents is 1. The van der Waals surface area contributed by atoms with E-state index in [4.69, 9.17) is 4.74 Å². The van der Waals surface area contributed by atoms with Crippen LogP contribution in [0.2, 0.25) is 0 Å². The number of amides is 1. The monoisotopic (exact) mass is 346 g/mol. The zero-order valence-corrected chi connectivity index (χ0v) is 13.5. The number of carbonyl (C=O) groups excluding carboxylic acids is 1. The number of aliphatic carboxylic acids is 1. The summed E-state index contributed by atoms with van der Waals surface area (Å²) >= 11 is 0. The van der Waals surface area contributed by atoms with E-state index in [0.29, 0.717) is 18.8 Å². The average molecular weight is 346 g/mol. The number of rotatable bonds is 6. The molecule has 4 unspecified atom stereocenters. The van der Waals surface area contributed by atoms with Crippen LogP contribution in [0.5, 0.6) is 5.75 Å². The van der Waals surface area contributed by atoms with Crippen LogP contribution in [0.1, 0.15) is 13.3 Å². The van der Waals surface area contributed by atoms with Crippen molar-refractivity contribution in [1.82, 2.24) is 0 Å². The molecule has 0 radical (unpaired) electrons. The molecule has 0 aromatic heterocycles. The Morgan fingerprint density at radius 3 is 2.60 bits per heavy atom. The quantitative estimate of drug-likeness (QED) is 0.464. The average Bonchev–Trinajstić information content (AvgIpc) is 3.17. The number of nitro groups is 1. The van der Waals surface area contributed by atoms with Gasteiger partial charge in [0.05, 0.1) is 29.4 Å². The molecule has 1 saturated carbocycles. The second-order valence-electron chi connectivity index (χ2n) is 6.20. The molecule has 4 atom stereocenters. The fourth-order valence-corrected chi connectivity index (χ4v) is 3.76. The molecule has 1 amide bonds. The lowest BCUT2D eigenvalue weighted by Gasteiger charge is -2.23. The van der Waals surface area contributed by atoms with Crippen LogP contribution < -0.4 is 10.1 Å². The summed E-state index contributed by atoms with van der Waals surface area (Å²) in [5.41, 5.74) is -0.251. The highest BCUT2D eigenvalue weighted by atomic mass is 16.6. The number of anilines is 1. The number of carboxylic acids is 1. The summed E-state index contributed by atoms with van der Waals surface area (Å²) in [5, 5.41) is 23.2. The molecule has 132 valence electrons. The maximum absolute atomic E-state index is 12.6. The molecule has 0 aliphatic heterocycles. The summed E-state index contributed by atoms with van der Waals surface area (Å²) in [6.45, 7) is 2.12. The summed E-state index contributed by atoms with van der Waals surface area (Å²) in [5.74, 6) is -3.01. The normalized spacial score (nSPS) is 26.4. The van der Waals surface area contributed by atoms with Gasteiger partial charge in [-0.15, -0.1) is 0 Å². The van der Waals surface area contributed by atoms with Gasteiger partial charge in [-0.05, 0) is 37.3 Å². The van der Waals surface area contributed by atoms with Crippen LogP contribution in [0, 0.1) is 33.8 Å². The smallest absolute Gasteiger partial charge is 0.307 e. The zero-order valence-electron chi connectivity index (χ0n) is 13.5. The van der Waals surface area contributed by atoms with Gasteiger partial charge < -0.3 is 15.2 Å². The first-order chi connectivity index (χ1) is 11.9. The molecule has 8 nitrogen and oxygen atoms in total. The lowest BCUT2D eigenvalue weighted by Crippen LogP contribution is -2.36. The minimum Gasteiger partial charge on any atom is -0.494 e. The number of hydrogen-bond acceptors (Lipinski definition) is 5. The van der Waals surface area contributed by atoms with Crippen molar-refractivity contribution < 1.29 is 24.4 Å². The molecular weight excluding hydrogens is 328 g/mol. The molecule has 0 heterocycles. The van der Waals surface area contributed by atoms with Gasteiger partial charge in [0, 0.05) is 0 Å². The van der Waals surface area contributed by atoms with Crippen molar-refractivity contribution in [2.75, 3.05) is 11.9 Å². The highest BCUT2D eigenvalue weighted by Gasteiger charge is 2.51. The number of hydrogen-bond donors (Lipinski definition) is 2. The zero-order chi connectivity index (χ0) is 18.1. The number of carbonyl (C=O) groups is 2. The fraction of sp³-hybridized carbons (Fsp3) is 0.412. The van der Waals surface area contributed by atoms with Crippen LogP contribution in [0.15, 0.2) is 30.4 Å². The Kier molecular flexibility index (Phi) is 4.43. The highest BCUT2D eigenvalue weighted by molar-refractivity contribution is 5.98. The van der Waals surface area contributed by atoms with Gasteiger partial charge in [0.25, 0.3) is 5.69 Å². The third kappa shape index (κ3) is 3.07. The van der Waals surface area contributed by atoms with E-state index in [2.05, 4.69) is 5.32 Å². The first kappa shape index (κ1) is 16.9. The van der Waals surface area contributed by atoms with Gasteiger partial charge in [-0.25, -0.2) is 0 Å². The Labute approximate surface area is 143 Å². The van der Waals surface area contributed by atoms with Crippen molar-refractivity contribution in [1.29, 1.82) is 0 Å². The molecule has 1 fully saturated rings. The van der Waals surface area contributed by atoms with Gasteiger partial charge in [-0.2, -0.15) is 0 Å². The van der Waals surface area contributed by atoms with Gasteiger partial charge in [0.2, 0.25) is 5.91 Å². The van der Waals surface area contributed by atoms with E-state index in [0.717, 1.165) is 0 Å². The van der Waals surface area contributed by atoms with Crippen molar-refractivity contribution in [3.05, 3.63) is 40.5 Å². The van der Waals surface area contributed by atoms with Gasteiger partial charge in [-0.3, -0.25) is 19.7 Å². The predicted molar refractivity (Wildman–Crippen MR) is 88.2 cm³/mol. The second kappa shape index (κ2) is 6.54. The van der Waals surface area contributed by atoms with E-state index in [-0.39, 0.29) is 23.2 Å². The molecule has 2 aliphatic rings. The van der Waals surface area contributed by atoms with Crippen molar-refractivity contribution in [2.24, 2.45) is 23.7 Å². The number of benzene rings is 1. The Balaban J connectivity index is 1.84. The van der Waals surface area contributed by atoms with Gasteiger partial charge in [0.15, 0.2) is 0 Å². The number of ether oxygens (including phenoxy) is 1. The Hall–Kier alpha value is -2.90. The molecule has 1 aromatic rings. The minimum atomic E-state index is -1.02. The van der Waals surface area contributed by atoms with Crippen LogP contribution >= 0.6 is 0 Å². The Morgan fingerprint density at radius 2 is 2.00 bits per heavy atom. The minimum absolute atomic E-state index is 0.0364. The number of nitrogens with zero attached hydrogens (tertiary/aromatic N) is 1. The van der Waals surface area contributed by atoms with E-state index in [1.54, 1.807) is 6.92 Å². The van der Waals surface area contributed by atoms with Crippen LogP contribution in [-0.4, -0.2) is 28.5 Å². The number of carboxylic acid groups (broad SMARTS) is 1. The fourth-order valence-electron chi connectivity index (χ4n) is 3.76. The topological polar surface area (TPSA) is 119 Å². The van der Waals surface area contributed by atoms with Crippen LogP contribution in [-0.2, 0) is 9.59 Å². The molecule has 0 spiro atoms. The summed E-state index contributed by atoms with van der Waals surface area (Å²) < 4.78 is 5.24. The van der Waals surface area contributed by atoms with E-state index in [1.165, 1.54) is 18.2 Å². The molecule has 2 N–H and O–H groups in total. The molecule has 25 heavy (non-hydrogen) atoms. The van der Waals surface area contributed by atoms with Crippen LogP contribution in [0.25, 0.3) is 0 Å². The molecule has 1 aromatic carbocycles. The predicted octanol–water partition coefficient (Wildman–Crippen LogP) is 2.45. The molecule has 0 saturated heterocycles. The summed E-state index contributed by atoms with van der Waals surface area (Å²) in [7, 11) is 0. The number of fused-ring (bicyclic) bond motifs is 2. The van der Waals surface area contributed by atoms with E-state index in [9.17, 15) is 24.8 Å². The number of allylic oxidation sites excluding steroid dienone is 2. The van der Waals surface area contributed by atoms with E-state index in [1.807, 2.05) is 12.2 Å². The summed E-state index contributed by atoms with van der Waals surface area (Å²) in [6.07, 6.45) is 4.33. The third-order valence-corrected chi connectivity index (χ3v) is 4.78. The first-order valence-corrected chi connectivity index (χ1v) is 8.05. The lowest BCUT2D eigenvalue weighted by molar-refractivity contribution is -0.384. The maximum Gasteiger partial charge on any atom is 0.307 e. The van der Waals surface area contributed by atoms with Crippen LogP contribution in [0.3, 0.4) is 0 Å². The summed E-state index contributed by atoms with van der Waals surface area (Å²) in [4.78, 5) is 34.8. The molecule has 8 heteroatoms. The van der Waals surface area contributed by atoms with E-state index >= 15 is 0 Å². The Bertz CT molecular complexity index is 760. The number of nitrogens with one attached hydrogen (secondary N) is 1. The van der Waals surface area contributed by atoms with Gasteiger partial charge >= 0.3 is 5.97 Å². The third-order valence-electron chi connectivity index (χ3n) is 4.78. The van der Waals surface area contributed by atoms with Crippen molar-refractivity contribution in [2.45, 2.75) is 13.3 Å². The van der Waals surface area contributed by atoms with Gasteiger partial charge in [-0.1, -0.05) is 12.2 Å². The molecule has 2 aliphatic carbocycles. The molecule has 3 rings (SSSR count). The van der Waals surface area contributed by atoms with Crippen molar-refractivity contribution >= 4 is 23.3 Å². The van der Waals surface area contributed by atoms with Crippen LogP contribution in [0.4, 0.5) is 11.4 Å². The second-order valence-corrected chi connectivity index (χ2v) is 6.20. The van der Waals surface area contributed by atoms with Crippen molar-refractivity contribution in [3.63, 3.8) is 0 Å². The summed E-state index contributed by atoms with van der Waals surface area (Å²) in [6, 6.07) is 4.18. The maximum atomic E-state index is 12.6. The first-order valence-electron chi connectivity index (χ1n) is 8.05. The van der Waals surface area contributed by atoms with E-state index < -0.39 is 28.6 Å². The molecule has 2 bridgehead atoms. The molecular formula is C17H18N2O6. The standard InChI is InChI=1S/C17H18N2O6/c1-2-25-11-5-6-12(13(8-11)19(23)24)18-16(20)14-9-3-4-10(7-9)15(14)17(21)22/h3-6,8-10,14-15H,2,7H2,1H3,(H,18,20)(H,21,22). The largest absolute Gasteiger partial charge is 0.494 e. The van der Waals surface area contributed by atoms with Gasteiger partial charge in [0.1, 0.15) is 11.4 Å².